The summed E-state index contributed by atoms with van der Waals surface area (Å²) in [6.07, 6.45) is -3.83. The Morgan fingerprint density at radius 2 is 2.04 bits per heavy atom. The van der Waals surface area contributed by atoms with Crippen molar-refractivity contribution >= 4 is 19.5 Å². The highest BCUT2D eigenvalue weighted by atomic mass is 31.2. The van der Waals surface area contributed by atoms with Crippen LogP contribution in [-0.4, -0.2) is 64.8 Å². The maximum atomic E-state index is 11.8. The number of phosphoric ester groups is 1. The molecule has 2 rings (SSSR count). The van der Waals surface area contributed by atoms with Gasteiger partial charge in [0.1, 0.15) is 24.1 Å². The fraction of sp³-hybridized carbons (Fsp3) is 0.636. The second-order valence-corrected chi connectivity index (χ2v) is 6.79. The van der Waals surface area contributed by atoms with E-state index in [1.807, 2.05) is 0 Å². The minimum Gasteiger partial charge on any atom is -0.387 e. The number of aliphatic hydroxyl groups is 2. The van der Waals surface area contributed by atoms with Gasteiger partial charge in [-0.2, -0.15) is 0 Å². The molecule has 0 radical (unpaired) electrons. The number of primary amides is 1. The number of hydrogen-bond acceptors (Lipinski definition) is 10. The third kappa shape index (κ3) is 3.44. The lowest BCUT2D eigenvalue weighted by atomic mass is 10.1. The van der Waals surface area contributed by atoms with E-state index in [4.69, 9.17) is 20.7 Å². The number of nitrogens with zero attached hydrogens (tertiary/aromatic N) is 2. The standard InChI is InChI=1S/C11H19N4O8P/c1-20-24(19,21-2)22-3-5-7(16)8(17)11(23-5)15-4-14-6(9(15)12)10(13)18/h4-5,7-8,11,16-17H,3,12H2,1-2H3,(H2,13,18)/t5-,7-,8-,11-/m1/s1. The Morgan fingerprint density at radius 3 is 2.54 bits per heavy atom. The SMILES string of the molecule is COP(=O)(OC)OC[C@H]1O[C@@H](n2cnc(C(N)=O)c2N)[C@H](O)[C@@H]1O. The van der Waals surface area contributed by atoms with Crippen LogP contribution in [0.3, 0.4) is 0 Å². The van der Waals surface area contributed by atoms with E-state index >= 15 is 0 Å². The fourth-order valence-corrected chi connectivity index (χ4v) is 2.89. The van der Waals surface area contributed by atoms with Crippen molar-refractivity contribution in [1.82, 2.24) is 9.55 Å². The lowest BCUT2D eigenvalue weighted by Gasteiger charge is -2.18. The van der Waals surface area contributed by atoms with Crippen molar-refractivity contribution in [3.8, 4) is 0 Å². The minimum absolute atomic E-state index is 0.125. The van der Waals surface area contributed by atoms with Gasteiger partial charge in [0, 0.05) is 14.2 Å². The zero-order valence-corrected chi connectivity index (χ0v) is 13.8. The molecule has 1 aliphatic rings. The molecule has 0 aliphatic carbocycles. The van der Waals surface area contributed by atoms with Crippen LogP contribution in [-0.2, 0) is 22.9 Å². The maximum Gasteiger partial charge on any atom is 0.474 e. The number of nitrogen functional groups attached to an aromatic ring is 1. The third-order valence-corrected chi connectivity index (χ3v) is 4.88. The van der Waals surface area contributed by atoms with Crippen molar-refractivity contribution in [2.45, 2.75) is 24.5 Å². The summed E-state index contributed by atoms with van der Waals surface area (Å²) in [7, 11) is -1.51. The number of amides is 1. The topological polar surface area (TPSA) is 181 Å². The highest BCUT2D eigenvalue weighted by Crippen LogP contribution is 2.48. The first-order valence-corrected chi connectivity index (χ1v) is 8.20. The molecular formula is C11H19N4O8P. The van der Waals surface area contributed by atoms with Crippen molar-refractivity contribution in [2.75, 3.05) is 26.6 Å². The summed E-state index contributed by atoms with van der Waals surface area (Å²) in [5.74, 6) is -0.972. The molecule has 136 valence electrons. The van der Waals surface area contributed by atoms with Crippen molar-refractivity contribution < 1.29 is 37.9 Å². The van der Waals surface area contributed by atoms with Crippen molar-refractivity contribution in [2.24, 2.45) is 5.73 Å². The average molecular weight is 366 g/mol. The van der Waals surface area contributed by atoms with Crippen LogP contribution < -0.4 is 11.5 Å². The molecule has 0 unspecified atom stereocenters. The van der Waals surface area contributed by atoms with Crippen LogP contribution in [0, 0.1) is 0 Å². The molecule has 24 heavy (non-hydrogen) atoms. The van der Waals surface area contributed by atoms with Crippen molar-refractivity contribution in [3.05, 3.63) is 12.0 Å². The molecule has 4 atom stereocenters. The van der Waals surface area contributed by atoms with Gasteiger partial charge in [-0.15, -0.1) is 0 Å². The lowest BCUT2D eigenvalue weighted by molar-refractivity contribution is -0.0521. The Morgan fingerprint density at radius 1 is 1.42 bits per heavy atom. The minimum atomic E-state index is -3.77. The highest BCUT2D eigenvalue weighted by molar-refractivity contribution is 7.48. The number of carbonyl (C=O) groups is 1. The van der Waals surface area contributed by atoms with E-state index in [1.54, 1.807) is 0 Å². The van der Waals surface area contributed by atoms with Gasteiger partial charge in [-0.25, -0.2) is 9.55 Å². The van der Waals surface area contributed by atoms with Gasteiger partial charge in [-0.05, 0) is 0 Å². The number of aromatic nitrogens is 2. The molecule has 0 bridgehead atoms. The van der Waals surface area contributed by atoms with Crippen LogP contribution in [0.25, 0.3) is 0 Å². The van der Waals surface area contributed by atoms with E-state index in [2.05, 4.69) is 14.0 Å². The summed E-state index contributed by atoms with van der Waals surface area (Å²) >= 11 is 0. The van der Waals surface area contributed by atoms with Gasteiger partial charge in [-0.3, -0.25) is 22.9 Å². The zero-order valence-electron chi connectivity index (χ0n) is 12.9. The van der Waals surface area contributed by atoms with Gasteiger partial charge in [0.2, 0.25) is 0 Å². The molecule has 2 heterocycles. The van der Waals surface area contributed by atoms with Gasteiger partial charge in [-0.1, -0.05) is 0 Å². The monoisotopic (exact) mass is 366 g/mol. The Hall–Kier alpha value is -1.53. The summed E-state index contributed by atoms with van der Waals surface area (Å²) in [4.78, 5) is 14.9. The van der Waals surface area contributed by atoms with Crippen LogP contribution in [0.5, 0.6) is 0 Å². The molecule has 1 aromatic heterocycles. The second kappa shape index (κ2) is 7.15. The summed E-state index contributed by atoms with van der Waals surface area (Å²) in [5, 5.41) is 20.2. The first kappa shape index (κ1) is 18.8. The number of rotatable bonds is 7. The average Bonchev–Trinajstić information content (AvgIpc) is 3.07. The predicted molar refractivity (Wildman–Crippen MR) is 78.7 cm³/mol. The summed E-state index contributed by atoms with van der Waals surface area (Å²) in [5.41, 5.74) is 10.7. The van der Waals surface area contributed by atoms with E-state index in [0.29, 0.717) is 0 Å². The predicted octanol–water partition coefficient (Wildman–Crippen LogP) is -1.40. The quantitative estimate of drug-likeness (QED) is 0.419. The lowest BCUT2D eigenvalue weighted by Crippen LogP contribution is -2.33. The van der Waals surface area contributed by atoms with Gasteiger partial charge in [0.15, 0.2) is 11.9 Å². The molecule has 0 saturated carbocycles. The van der Waals surface area contributed by atoms with Crippen LogP contribution in [0.4, 0.5) is 5.82 Å². The van der Waals surface area contributed by atoms with Crippen LogP contribution in [0.15, 0.2) is 6.33 Å². The zero-order chi connectivity index (χ0) is 18.1. The van der Waals surface area contributed by atoms with Gasteiger partial charge < -0.3 is 26.4 Å². The van der Waals surface area contributed by atoms with Gasteiger partial charge in [0.25, 0.3) is 5.91 Å². The molecule has 1 amide bonds. The number of anilines is 1. The molecular weight excluding hydrogens is 347 g/mol. The van der Waals surface area contributed by atoms with Gasteiger partial charge >= 0.3 is 7.82 Å². The van der Waals surface area contributed by atoms with Crippen LogP contribution in [0.2, 0.25) is 0 Å². The molecule has 0 aromatic carbocycles. The number of carbonyl (C=O) groups excluding carboxylic acids is 1. The normalized spacial score (nSPS) is 27.5. The Bertz CT molecular complexity index is 644. The maximum absolute atomic E-state index is 11.8. The summed E-state index contributed by atoms with van der Waals surface area (Å²) in [6.45, 7) is -0.384. The molecule has 1 saturated heterocycles. The molecule has 1 aliphatic heterocycles. The van der Waals surface area contributed by atoms with E-state index < -0.39 is 38.3 Å². The first-order valence-electron chi connectivity index (χ1n) is 6.73. The summed E-state index contributed by atoms with van der Waals surface area (Å²) < 4.78 is 32.6. The molecule has 1 aromatic rings. The smallest absolute Gasteiger partial charge is 0.387 e. The number of hydrogen-bond donors (Lipinski definition) is 4. The first-order chi connectivity index (χ1) is 11.2. The molecule has 0 spiro atoms. The second-order valence-electron chi connectivity index (χ2n) is 4.90. The van der Waals surface area contributed by atoms with E-state index in [-0.39, 0.29) is 18.1 Å². The van der Waals surface area contributed by atoms with Crippen molar-refractivity contribution in [1.29, 1.82) is 0 Å². The molecule has 12 nitrogen and oxygen atoms in total. The third-order valence-electron chi connectivity index (χ3n) is 3.52. The van der Waals surface area contributed by atoms with Crippen LogP contribution >= 0.6 is 7.82 Å². The Balaban J connectivity index is 2.13. The molecule has 1 fully saturated rings. The number of ether oxygens (including phenoxy) is 1. The van der Waals surface area contributed by atoms with E-state index in [9.17, 15) is 19.6 Å². The number of phosphoric acid groups is 1. The summed E-state index contributed by atoms with van der Waals surface area (Å²) in [6, 6.07) is 0. The number of imidazole rings is 1. The molecule has 6 N–H and O–H groups in total. The fourth-order valence-electron chi connectivity index (χ4n) is 2.20. The largest absolute Gasteiger partial charge is 0.474 e. The van der Waals surface area contributed by atoms with Crippen LogP contribution in [0.1, 0.15) is 16.7 Å². The molecule has 13 heteroatoms. The van der Waals surface area contributed by atoms with Gasteiger partial charge in [0.05, 0.1) is 12.9 Å². The van der Waals surface area contributed by atoms with Crippen molar-refractivity contribution in [3.63, 3.8) is 0 Å². The Labute approximate surface area is 136 Å². The van der Waals surface area contributed by atoms with E-state index in [0.717, 1.165) is 25.1 Å². The Kier molecular flexibility index (Phi) is 5.60. The number of nitrogens with two attached hydrogens (primary N) is 2. The van der Waals surface area contributed by atoms with E-state index in [1.165, 1.54) is 0 Å². The highest BCUT2D eigenvalue weighted by Gasteiger charge is 2.45. The number of aliphatic hydroxyl groups excluding tert-OH is 2.